The van der Waals surface area contributed by atoms with Crippen LogP contribution < -0.4 is 0 Å². The summed E-state index contributed by atoms with van der Waals surface area (Å²) >= 11 is 1.69. The van der Waals surface area contributed by atoms with E-state index in [4.69, 9.17) is 0 Å². The third-order valence-corrected chi connectivity index (χ3v) is 4.61. The summed E-state index contributed by atoms with van der Waals surface area (Å²) in [7, 11) is 0. The molecule has 1 fully saturated rings. The minimum absolute atomic E-state index is 0.375. The Morgan fingerprint density at radius 2 is 2.17 bits per heavy atom. The molecule has 2 heteroatoms. The summed E-state index contributed by atoms with van der Waals surface area (Å²) in [6, 6.07) is 10.6. The fourth-order valence-corrected chi connectivity index (χ4v) is 3.19. The molecule has 0 spiro atoms. The highest BCUT2D eigenvalue weighted by atomic mass is 32.1. The molecule has 0 aliphatic heterocycles. The number of benzene rings is 1. The van der Waals surface area contributed by atoms with Crippen LogP contribution in [0.25, 0.3) is 0 Å². The molecule has 0 saturated heterocycles. The van der Waals surface area contributed by atoms with Crippen molar-refractivity contribution < 1.29 is 5.11 Å². The third kappa shape index (κ3) is 2.50. The van der Waals surface area contributed by atoms with E-state index in [1.807, 2.05) is 6.07 Å². The quantitative estimate of drug-likeness (QED) is 0.867. The molecule has 1 nitrogen and oxygen atoms in total. The summed E-state index contributed by atoms with van der Waals surface area (Å²) in [5.41, 5.74) is 3.69. The van der Waals surface area contributed by atoms with E-state index in [0.717, 1.165) is 17.9 Å². The molecule has 0 radical (unpaired) electrons. The first kappa shape index (κ1) is 11.9. The molecule has 1 atom stereocenters. The van der Waals surface area contributed by atoms with Crippen LogP contribution in [0.2, 0.25) is 0 Å². The van der Waals surface area contributed by atoms with Gasteiger partial charge in [0.25, 0.3) is 0 Å². The molecule has 1 saturated carbocycles. The van der Waals surface area contributed by atoms with E-state index in [-0.39, 0.29) is 6.10 Å². The van der Waals surface area contributed by atoms with Crippen LogP contribution in [0.5, 0.6) is 0 Å². The van der Waals surface area contributed by atoms with Crippen molar-refractivity contribution in [3.8, 4) is 0 Å². The van der Waals surface area contributed by atoms with Gasteiger partial charge in [-0.15, -0.1) is 0 Å². The van der Waals surface area contributed by atoms with Crippen LogP contribution in [0.1, 0.15) is 48.0 Å². The van der Waals surface area contributed by atoms with Gasteiger partial charge in [0.05, 0.1) is 6.10 Å². The van der Waals surface area contributed by atoms with Gasteiger partial charge in [-0.25, -0.2) is 0 Å². The molecule has 3 rings (SSSR count). The molecule has 1 aromatic heterocycles. The molecule has 1 aliphatic carbocycles. The maximum atomic E-state index is 10.3. The molecule has 1 aromatic carbocycles. The number of hydrogen-bond donors (Lipinski definition) is 1. The van der Waals surface area contributed by atoms with Crippen molar-refractivity contribution in [2.75, 3.05) is 0 Å². The average molecular weight is 258 g/mol. The van der Waals surface area contributed by atoms with Gasteiger partial charge in [0.2, 0.25) is 0 Å². The maximum Gasteiger partial charge on any atom is 0.0830 e. The van der Waals surface area contributed by atoms with Gasteiger partial charge in [0.15, 0.2) is 0 Å². The maximum absolute atomic E-state index is 10.3. The summed E-state index contributed by atoms with van der Waals surface area (Å²) in [6.07, 6.45) is 4.32. The SMILES string of the molecule is OC(Cc1ccsc1)c1cccc(C2CCC2)c1. The summed E-state index contributed by atoms with van der Waals surface area (Å²) in [5.74, 6) is 0.735. The van der Waals surface area contributed by atoms with Crippen LogP contribution in [0.3, 0.4) is 0 Å². The van der Waals surface area contributed by atoms with Crippen LogP contribution in [0.15, 0.2) is 41.1 Å². The van der Waals surface area contributed by atoms with Gasteiger partial charge >= 0.3 is 0 Å². The Bertz CT molecular complexity index is 500. The van der Waals surface area contributed by atoms with Crippen LogP contribution in [-0.4, -0.2) is 5.11 Å². The van der Waals surface area contributed by atoms with Gasteiger partial charge in [0.1, 0.15) is 0 Å². The van der Waals surface area contributed by atoms with Gasteiger partial charge < -0.3 is 5.11 Å². The summed E-state index contributed by atoms with van der Waals surface area (Å²) in [4.78, 5) is 0. The fourth-order valence-electron chi connectivity index (χ4n) is 2.51. The van der Waals surface area contributed by atoms with E-state index in [1.54, 1.807) is 11.3 Å². The van der Waals surface area contributed by atoms with Crippen LogP contribution in [-0.2, 0) is 6.42 Å². The summed E-state index contributed by atoms with van der Waals surface area (Å²) in [6.45, 7) is 0. The highest BCUT2D eigenvalue weighted by Gasteiger charge is 2.20. The molecular weight excluding hydrogens is 240 g/mol. The van der Waals surface area contributed by atoms with Gasteiger partial charge in [-0.2, -0.15) is 11.3 Å². The monoisotopic (exact) mass is 258 g/mol. The summed E-state index contributed by atoms with van der Waals surface area (Å²) < 4.78 is 0. The minimum atomic E-state index is -0.375. The molecule has 94 valence electrons. The molecule has 18 heavy (non-hydrogen) atoms. The molecule has 0 bridgehead atoms. The fraction of sp³-hybridized carbons (Fsp3) is 0.375. The summed E-state index contributed by atoms with van der Waals surface area (Å²) in [5, 5.41) is 14.5. The second kappa shape index (κ2) is 5.25. The van der Waals surface area contributed by atoms with E-state index in [1.165, 1.54) is 30.4 Å². The highest BCUT2D eigenvalue weighted by molar-refractivity contribution is 7.07. The van der Waals surface area contributed by atoms with Crippen molar-refractivity contribution in [1.82, 2.24) is 0 Å². The number of aliphatic hydroxyl groups is 1. The molecule has 1 aliphatic rings. The standard InChI is InChI=1S/C16H18OS/c17-16(9-12-7-8-18-11-12)15-6-2-5-14(10-15)13-3-1-4-13/h2,5-8,10-11,13,16-17H,1,3-4,9H2. The number of rotatable bonds is 4. The Labute approximate surface area is 112 Å². The van der Waals surface area contributed by atoms with Crippen molar-refractivity contribution >= 4 is 11.3 Å². The van der Waals surface area contributed by atoms with E-state index >= 15 is 0 Å². The van der Waals surface area contributed by atoms with Crippen LogP contribution in [0, 0.1) is 0 Å². The van der Waals surface area contributed by atoms with Crippen molar-refractivity contribution in [3.05, 3.63) is 57.8 Å². The van der Waals surface area contributed by atoms with Crippen LogP contribution in [0.4, 0.5) is 0 Å². The zero-order chi connectivity index (χ0) is 12.4. The Hall–Kier alpha value is -1.12. The Morgan fingerprint density at radius 1 is 1.28 bits per heavy atom. The normalized spacial score (nSPS) is 17.4. The Morgan fingerprint density at radius 3 is 2.83 bits per heavy atom. The number of aliphatic hydroxyl groups excluding tert-OH is 1. The van der Waals surface area contributed by atoms with Gasteiger partial charge in [0, 0.05) is 6.42 Å². The van der Waals surface area contributed by atoms with E-state index in [0.29, 0.717) is 0 Å². The van der Waals surface area contributed by atoms with E-state index in [2.05, 4.69) is 35.0 Å². The predicted octanol–water partition coefficient (Wildman–Crippen LogP) is 4.29. The van der Waals surface area contributed by atoms with Gasteiger partial charge in [-0.05, 0) is 52.3 Å². The lowest BCUT2D eigenvalue weighted by Gasteiger charge is -2.26. The minimum Gasteiger partial charge on any atom is -0.388 e. The van der Waals surface area contributed by atoms with Crippen molar-refractivity contribution in [2.24, 2.45) is 0 Å². The molecular formula is C16H18OS. The lowest BCUT2D eigenvalue weighted by atomic mass is 9.79. The van der Waals surface area contributed by atoms with Gasteiger partial charge in [-0.3, -0.25) is 0 Å². The van der Waals surface area contributed by atoms with Crippen LogP contribution >= 0.6 is 11.3 Å². The largest absolute Gasteiger partial charge is 0.388 e. The lowest BCUT2D eigenvalue weighted by molar-refractivity contribution is 0.178. The molecule has 2 aromatic rings. The van der Waals surface area contributed by atoms with E-state index < -0.39 is 0 Å². The Kier molecular flexibility index (Phi) is 3.48. The molecule has 0 amide bonds. The number of thiophene rings is 1. The molecule has 1 heterocycles. The first-order chi connectivity index (χ1) is 8.83. The lowest BCUT2D eigenvalue weighted by Crippen LogP contribution is -2.10. The highest BCUT2D eigenvalue weighted by Crippen LogP contribution is 2.37. The topological polar surface area (TPSA) is 20.2 Å². The van der Waals surface area contributed by atoms with Gasteiger partial charge in [-0.1, -0.05) is 30.7 Å². The first-order valence-corrected chi connectivity index (χ1v) is 7.56. The molecule has 1 N–H and O–H groups in total. The Balaban J connectivity index is 1.74. The molecule has 1 unspecified atom stereocenters. The average Bonchev–Trinajstić information content (AvgIpc) is 2.80. The van der Waals surface area contributed by atoms with Crippen molar-refractivity contribution in [3.63, 3.8) is 0 Å². The zero-order valence-electron chi connectivity index (χ0n) is 10.4. The second-order valence-corrected chi connectivity index (χ2v) is 5.93. The van der Waals surface area contributed by atoms with Crippen molar-refractivity contribution in [2.45, 2.75) is 37.7 Å². The predicted molar refractivity (Wildman–Crippen MR) is 76.0 cm³/mol. The number of hydrogen-bond acceptors (Lipinski definition) is 2. The van der Waals surface area contributed by atoms with Crippen molar-refractivity contribution in [1.29, 1.82) is 0 Å². The smallest absolute Gasteiger partial charge is 0.0830 e. The third-order valence-electron chi connectivity index (χ3n) is 3.88. The second-order valence-electron chi connectivity index (χ2n) is 5.15. The zero-order valence-corrected chi connectivity index (χ0v) is 11.2. The van der Waals surface area contributed by atoms with E-state index in [9.17, 15) is 5.11 Å². The first-order valence-electron chi connectivity index (χ1n) is 6.62.